The normalized spacial score (nSPS) is 14.1. The molecule has 8 aromatic rings. The molecule has 244 valence electrons. The third-order valence-corrected chi connectivity index (χ3v) is 9.41. The monoisotopic (exact) mass is 664 g/mol. The predicted molar refractivity (Wildman–Crippen MR) is 214 cm³/mol. The van der Waals surface area contributed by atoms with Gasteiger partial charge in [-0.05, 0) is 93.0 Å². The summed E-state index contributed by atoms with van der Waals surface area (Å²) in [5.74, 6) is 0. The molecule has 0 atom stereocenters. The SMILES string of the molecule is c1ccc(-c2cc(/C3=N/c4ccncc4/C(c4cc(-c5ccccc5)cc(-c5ccccc5)c4)=N\c4ccncc43)cc(-c3ccccc3)c2)cc1. The summed E-state index contributed by atoms with van der Waals surface area (Å²) in [7, 11) is 0. The number of aliphatic imine (C=N–C) groups is 2. The van der Waals surface area contributed by atoms with Crippen molar-refractivity contribution in [3.05, 3.63) is 217 Å². The van der Waals surface area contributed by atoms with Crippen molar-refractivity contribution in [2.75, 3.05) is 0 Å². The highest BCUT2D eigenvalue weighted by atomic mass is 14.9. The van der Waals surface area contributed by atoms with Crippen LogP contribution >= 0.6 is 0 Å². The second-order valence-corrected chi connectivity index (χ2v) is 12.8. The third-order valence-electron chi connectivity index (χ3n) is 9.41. The molecule has 0 saturated carbocycles. The Morgan fingerprint density at radius 3 is 0.865 bits per heavy atom. The molecule has 52 heavy (non-hydrogen) atoms. The van der Waals surface area contributed by atoms with Gasteiger partial charge in [0.1, 0.15) is 0 Å². The average Bonchev–Trinajstić information content (AvgIpc) is 3.22. The van der Waals surface area contributed by atoms with Gasteiger partial charge in [0.05, 0.1) is 22.8 Å². The number of benzene rings is 6. The van der Waals surface area contributed by atoms with Crippen molar-refractivity contribution in [1.82, 2.24) is 9.97 Å². The molecule has 1 aliphatic rings. The van der Waals surface area contributed by atoms with Crippen LogP contribution in [0.4, 0.5) is 11.4 Å². The number of hydrogen-bond acceptors (Lipinski definition) is 4. The van der Waals surface area contributed by atoms with Crippen molar-refractivity contribution in [2.45, 2.75) is 0 Å². The van der Waals surface area contributed by atoms with Crippen molar-refractivity contribution < 1.29 is 0 Å². The maximum absolute atomic E-state index is 5.47. The molecule has 2 aromatic heterocycles. The lowest BCUT2D eigenvalue weighted by atomic mass is 9.91. The molecule has 0 unspecified atom stereocenters. The van der Waals surface area contributed by atoms with Gasteiger partial charge < -0.3 is 0 Å². The zero-order chi connectivity index (χ0) is 34.7. The molecule has 0 N–H and O–H groups in total. The van der Waals surface area contributed by atoms with Crippen LogP contribution in [0.3, 0.4) is 0 Å². The lowest BCUT2D eigenvalue weighted by molar-refractivity contribution is 1.26. The topological polar surface area (TPSA) is 50.5 Å². The maximum atomic E-state index is 5.47. The summed E-state index contributed by atoms with van der Waals surface area (Å²) in [6.07, 6.45) is 7.37. The van der Waals surface area contributed by atoms with E-state index in [4.69, 9.17) is 9.98 Å². The lowest BCUT2D eigenvalue weighted by Crippen LogP contribution is -2.11. The fraction of sp³-hybridized carbons (Fsp3) is 0. The molecule has 0 spiro atoms. The smallest absolute Gasteiger partial charge is 0.0819 e. The molecule has 4 heteroatoms. The van der Waals surface area contributed by atoms with Crippen LogP contribution in [0.15, 0.2) is 205 Å². The number of rotatable bonds is 6. The second kappa shape index (κ2) is 13.7. The molecule has 0 aliphatic carbocycles. The molecule has 1 aliphatic heterocycles. The Hall–Kier alpha value is -7.04. The van der Waals surface area contributed by atoms with Crippen molar-refractivity contribution in [1.29, 1.82) is 0 Å². The molecule has 0 amide bonds. The third kappa shape index (κ3) is 6.14. The van der Waals surface area contributed by atoms with Crippen LogP contribution in [0.1, 0.15) is 22.3 Å². The molecule has 6 aromatic carbocycles. The van der Waals surface area contributed by atoms with E-state index in [-0.39, 0.29) is 0 Å². The fourth-order valence-electron chi connectivity index (χ4n) is 6.85. The van der Waals surface area contributed by atoms with Gasteiger partial charge in [0.2, 0.25) is 0 Å². The Kier molecular flexibility index (Phi) is 8.16. The van der Waals surface area contributed by atoms with Gasteiger partial charge >= 0.3 is 0 Å². The van der Waals surface area contributed by atoms with Crippen LogP contribution in [-0.2, 0) is 0 Å². The number of hydrogen-bond donors (Lipinski definition) is 0. The molecule has 0 fully saturated rings. The lowest BCUT2D eigenvalue weighted by Gasteiger charge is -2.19. The van der Waals surface area contributed by atoms with Gasteiger partial charge in [-0.3, -0.25) is 9.97 Å². The van der Waals surface area contributed by atoms with E-state index in [0.717, 1.165) is 89.6 Å². The number of nitrogens with zero attached hydrogens (tertiary/aromatic N) is 4. The zero-order valence-electron chi connectivity index (χ0n) is 28.3. The van der Waals surface area contributed by atoms with Crippen molar-refractivity contribution in [3.8, 4) is 44.5 Å². The standard InChI is InChI=1S/C48H32N4/c1-5-13-33(14-6-1)37-25-38(34-15-7-2-8-16-34)28-41(27-37)47-43-31-49-23-21-45(43)52-48(44-32-50-24-22-46(44)51-47)42-29-39(35-17-9-3-10-18-35)26-40(30-42)36-19-11-4-12-20-36/h1-32H/b47-43?,48-44?,51-46?,51-47-,52-45?,52-48-. The summed E-state index contributed by atoms with van der Waals surface area (Å²) in [4.78, 5) is 20.2. The van der Waals surface area contributed by atoms with Gasteiger partial charge in [0.15, 0.2) is 0 Å². The predicted octanol–water partition coefficient (Wildman–Crippen LogP) is 11.8. The molecule has 0 radical (unpaired) electrons. The van der Waals surface area contributed by atoms with Crippen LogP contribution in [0.2, 0.25) is 0 Å². The van der Waals surface area contributed by atoms with Crippen molar-refractivity contribution in [2.24, 2.45) is 9.98 Å². The van der Waals surface area contributed by atoms with E-state index in [1.54, 1.807) is 12.4 Å². The Bertz CT molecular complexity index is 2300. The van der Waals surface area contributed by atoms with E-state index < -0.39 is 0 Å². The first-order valence-corrected chi connectivity index (χ1v) is 17.4. The highest BCUT2D eigenvalue weighted by Crippen LogP contribution is 2.37. The first-order valence-electron chi connectivity index (χ1n) is 17.4. The Balaban J connectivity index is 1.27. The summed E-state index contributed by atoms with van der Waals surface area (Å²) >= 11 is 0. The largest absolute Gasteiger partial charge is 0.264 e. The Labute approximate surface area is 303 Å². The van der Waals surface area contributed by atoms with Gasteiger partial charge in [-0.1, -0.05) is 121 Å². The minimum absolute atomic E-state index is 0.788. The van der Waals surface area contributed by atoms with Crippen LogP contribution < -0.4 is 0 Å². The quantitative estimate of drug-likeness (QED) is 0.178. The van der Waals surface area contributed by atoms with Gasteiger partial charge in [0, 0.05) is 47.0 Å². The summed E-state index contributed by atoms with van der Waals surface area (Å²) < 4.78 is 0. The summed E-state index contributed by atoms with van der Waals surface area (Å²) in [5.41, 5.74) is 15.8. The van der Waals surface area contributed by atoms with Gasteiger partial charge in [-0.15, -0.1) is 0 Å². The van der Waals surface area contributed by atoms with E-state index in [1.165, 1.54) is 0 Å². The molecule has 0 saturated heterocycles. The van der Waals surface area contributed by atoms with Crippen molar-refractivity contribution in [3.63, 3.8) is 0 Å². The fourth-order valence-corrected chi connectivity index (χ4v) is 6.85. The highest BCUT2D eigenvalue weighted by Gasteiger charge is 2.22. The average molecular weight is 665 g/mol. The first-order chi connectivity index (χ1) is 25.8. The van der Waals surface area contributed by atoms with E-state index in [9.17, 15) is 0 Å². The minimum atomic E-state index is 0.788. The van der Waals surface area contributed by atoms with Crippen LogP contribution in [0, 0.1) is 0 Å². The minimum Gasteiger partial charge on any atom is -0.264 e. The summed E-state index contributed by atoms with van der Waals surface area (Å²) in [6, 6.07) is 59.3. The number of aromatic nitrogens is 2. The van der Waals surface area contributed by atoms with E-state index >= 15 is 0 Å². The molecule has 0 bridgehead atoms. The molecule has 4 nitrogen and oxygen atoms in total. The highest BCUT2D eigenvalue weighted by molar-refractivity contribution is 6.23. The van der Waals surface area contributed by atoms with Crippen LogP contribution in [0.25, 0.3) is 44.5 Å². The van der Waals surface area contributed by atoms with Crippen molar-refractivity contribution >= 4 is 22.8 Å². The van der Waals surface area contributed by atoms with E-state index in [1.807, 2.05) is 48.8 Å². The number of pyridine rings is 2. The van der Waals surface area contributed by atoms with Crippen LogP contribution in [-0.4, -0.2) is 21.4 Å². The van der Waals surface area contributed by atoms with Crippen LogP contribution in [0.5, 0.6) is 0 Å². The zero-order valence-corrected chi connectivity index (χ0v) is 28.3. The summed E-state index contributed by atoms with van der Waals surface area (Å²) in [5, 5.41) is 0. The van der Waals surface area contributed by atoms with Gasteiger partial charge in [-0.25, -0.2) is 9.98 Å². The van der Waals surface area contributed by atoms with Gasteiger partial charge in [-0.2, -0.15) is 0 Å². The van der Waals surface area contributed by atoms with E-state index in [2.05, 4.69) is 143 Å². The molecule has 3 heterocycles. The molecular formula is C48H32N4. The maximum Gasteiger partial charge on any atom is 0.0819 e. The summed E-state index contributed by atoms with van der Waals surface area (Å²) in [6.45, 7) is 0. The molecular weight excluding hydrogens is 633 g/mol. The molecule has 9 rings (SSSR count). The first kappa shape index (κ1) is 31.0. The Morgan fingerprint density at radius 2 is 0.558 bits per heavy atom. The number of fused-ring (bicyclic) bond motifs is 2. The second-order valence-electron chi connectivity index (χ2n) is 12.8. The van der Waals surface area contributed by atoms with Gasteiger partial charge in [0.25, 0.3) is 0 Å². The van der Waals surface area contributed by atoms with E-state index in [0.29, 0.717) is 0 Å². The Morgan fingerprint density at radius 1 is 0.269 bits per heavy atom.